The van der Waals surface area contributed by atoms with E-state index in [1.807, 2.05) is 0 Å². The third kappa shape index (κ3) is 29.9. The predicted octanol–water partition coefficient (Wildman–Crippen LogP) is -14.3. The molecule has 0 aromatic rings. The van der Waals surface area contributed by atoms with E-state index in [-0.39, 0.29) is 88.7 Å². The van der Waals surface area contributed by atoms with Gasteiger partial charge in [0.1, 0.15) is 0 Å². The summed E-state index contributed by atoms with van der Waals surface area (Å²) in [6.07, 6.45) is -4.58. The molecular formula is C12H16Na3O18P. The average Bonchev–Trinajstić information content (AvgIpc) is 2.41. The summed E-state index contributed by atoms with van der Waals surface area (Å²) in [5.41, 5.74) is -5.48. The zero-order valence-corrected chi connectivity index (χ0v) is 24.8. The van der Waals surface area contributed by atoms with E-state index in [0.29, 0.717) is 0 Å². The number of carboxylic acid groups (broad SMARTS) is 6. The molecule has 0 radical (unpaired) electrons. The number of hydrogen-bond donors (Lipinski definition) is 8. The van der Waals surface area contributed by atoms with Crippen molar-refractivity contribution in [3.8, 4) is 0 Å². The monoisotopic (exact) mass is 548 g/mol. The Morgan fingerprint density at radius 1 is 0.529 bits per heavy atom. The van der Waals surface area contributed by atoms with Crippen LogP contribution in [0.5, 0.6) is 0 Å². The van der Waals surface area contributed by atoms with Gasteiger partial charge in [0, 0.05) is 0 Å². The standard InChI is InChI=1S/2C6H8O7.3Na.H3O4P/c2*7-3(8)1-6(13,5(11)12)2-4(9)10;;;;1-5(2,3)4/h2*13H,1-2H2,(H,7,8)(H,9,10)(H,11,12);;;;(H3,1,2,3,4)/q;;3*+1;/p-3. The van der Waals surface area contributed by atoms with Crippen LogP contribution in [-0.4, -0.2) is 87.9 Å². The summed E-state index contributed by atoms with van der Waals surface area (Å²) in [5, 5.41) is 67.6. The van der Waals surface area contributed by atoms with Crippen molar-refractivity contribution in [2.24, 2.45) is 0 Å². The Bertz CT molecular complexity index is 656. The molecule has 0 saturated heterocycles. The number of rotatable bonds is 10. The average molecular weight is 548 g/mol. The van der Waals surface area contributed by atoms with E-state index in [1.54, 1.807) is 0 Å². The van der Waals surface area contributed by atoms with E-state index in [2.05, 4.69) is 0 Å². The second kappa shape index (κ2) is 21.0. The maximum Gasteiger partial charge on any atom is 1.00 e. The van der Waals surface area contributed by atoms with Gasteiger partial charge < -0.3 is 60.1 Å². The number of carbonyl (C=O) groups is 6. The van der Waals surface area contributed by atoms with Gasteiger partial charge in [-0.05, 0) is 0 Å². The van der Waals surface area contributed by atoms with Gasteiger partial charge in [0.2, 0.25) is 0 Å². The van der Waals surface area contributed by atoms with Crippen molar-refractivity contribution in [3.63, 3.8) is 0 Å². The molecular weight excluding hydrogens is 532 g/mol. The first kappa shape index (κ1) is 47.1. The van der Waals surface area contributed by atoms with Gasteiger partial charge in [-0.1, -0.05) is 0 Å². The first-order valence-corrected chi connectivity index (χ1v) is 8.53. The molecule has 0 aromatic carbocycles. The summed E-state index contributed by atoms with van der Waals surface area (Å²) in [6, 6.07) is 0. The second-order valence-corrected chi connectivity index (χ2v) is 6.30. The molecule has 0 aliphatic rings. The minimum absolute atomic E-state index is 0. The Kier molecular flexibility index (Phi) is 29.1. The van der Waals surface area contributed by atoms with Crippen LogP contribution in [-0.2, 0) is 33.3 Å². The number of carboxylic acids is 6. The van der Waals surface area contributed by atoms with Crippen LogP contribution in [0.25, 0.3) is 0 Å². The van der Waals surface area contributed by atoms with Crippen molar-refractivity contribution < 1.29 is 178 Å². The predicted molar refractivity (Wildman–Crippen MR) is 81.8 cm³/mol. The summed E-state index contributed by atoms with van der Waals surface area (Å²) in [4.78, 5) is 86.6. The molecule has 0 unspecified atom stereocenters. The summed E-state index contributed by atoms with van der Waals surface area (Å²) in [6.45, 7) is 0. The molecule has 0 atom stereocenters. The molecule has 22 heteroatoms. The number of aliphatic hydroxyl groups is 2. The van der Waals surface area contributed by atoms with Crippen molar-refractivity contribution in [1.29, 1.82) is 0 Å². The van der Waals surface area contributed by atoms with Crippen molar-refractivity contribution >= 4 is 43.6 Å². The van der Waals surface area contributed by atoms with Gasteiger partial charge in [-0.3, -0.25) is 19.2 Å². The molecule has 180 valence electrons. The molecule has 0 aliphatic carbocycles. The molecule has 0 rings (SSSR count). The molecule has 0 aromatic heterocycles. The summed E-state index contributed by atoms with van der Waals surface area (Å²) in [7, 11) is -5.39. The van der Waals surface area contributed by atoms with E-state index >= 15 is 0 Å². The quantitative estimate of drug-likeness (QED) is 0.0927. The first-order valence-electron chi connectivity index (χ1n) is 7.07. The smallest absolute Gasteiger partial charge is 0.822 e. The van der Waals surface area contributed by atoms with Crippen LogP contribution in [0.4, 0.5) is 0 Å². The maximum absolute atomic E-state index is 10.3. The largest absolute Gasteiger partial charge is 1.00 e. The van der Waals surface area contributed by atoms with Crippen LogP contribution in [0.3, 0.4) is 0 Å². The topological polar surface area (TPSA) is 351 Å². The van der Waals surface area contributed by atoms with Crippen molar-refractivity contribution in [3.05, 3.63) is 0 Å². The minimum atomic E-state index is -5.39. The van der Waals surface area contributed by atoms with Crippen LogP contribution < -0.4 is 103 Å². The molecule has 34 heavy (non-hydrogen) atoms. The van der Waals surface area contributed by atoms with Crippen molar-refractivity contribution in [2.75, 3.05) is 0 Å². The molecule has 0 aliphatic heterocycles. The van der Waals surface area contributed by atoms with E-state index in [1.165, 1.54) is 0 Å². The molecule has 0 spiro atoms. The molecule has 0 amide bonds. The summed E-state index contributed by atoms with van der Waals surface area (Å²) < 4.78 is 8.55. The third-order valence-corrected chi connectivity index (χ3v) is 2.57. The van der Waals surface area contributed by atoms with Crippen molar-refractivity contribution in [2.45, 2.75) is 36.9 Å². The molecule has 8 N–H and O–H groups in total. The Labute approximate surface area is 255 Å². The fourth-order valence-electron chi connectivity index (χ4n) is 1.43. The Balaban J connectivity index is -0.0000000897. The Hall–Kier alpha value is -0.150. The van der Waals surface area contributed by atoms with E-state index in [0.717, 1.165) is 0 Å². The zero-order valence-electron chi connectivity index (χ0n) is 17.9. The zero-order chi connectivity index (χ0) is 25.8. The molecule has 0 fully saturated rings. The molecule has 18 nitrogen and oxygen atoms in total. The van der Waals surface area contributed by atoms with Gasteiger partial charge in [0.25, 0.3) is 0 Å². The molecule has 0 heterocycles. The van der Waals surface area contributed by atoms with Gasteiger partial charge in [-0.2, -0.15) is 7.82 Å². The minimum Gasteiger partial charge on any atom is -0.822 e. The van der Waals surface area contributed by atoms with Crippen molar-refractivity contribution in [1.82, 2.24) is 0 Å². The second-order valence-electron chi connectivity index (χ2n) is 5.40. The van der Waals surface area contributed by atoms with Gasteiger partial charge in [-0.15, -0.1) is 0 Å². The van der Waals surface area contributed by atoms with Crippen LogP contribution >= 0.6 is 7.82 Å². The Morgan fingerprint density at radius 2 is 0.647 bits per heavy atom. The SMILES string of the molecule is O=C(O)CC(O)(CC(=O)O)C(=O)O.O=C(O)CC(O)(CC(=O)O)C(=O)O.O=P([O-])([O-])[O-].[Na+].[Na+].[Na+]. The normalized spacial score (nSPS) is 10.0. The van der Waals surface area contributed by atoms with Crippen LogP contribution in [0, 0.1) is 0 Å². The van der Waals surface area contributed by atoms with E-state index < -0.39 is 80.5 Å². The molecule has 0 bridgehead atoms. The maximum atomic E-state index is 10.3. The number of hydrogen-bond acceptors (Lipinski definition) is 12. The molecule has 0 saturated carbocycles. The van der Waals surface area contributed by atoms with Crippen LogP contribution in [0.15, 0.2) is 0 Å². The number of phosphoric acid groups is 1. The third-order valence-electron chi connectivity index (χ3n) is 2.57. The van der Waals surface area contributed by atoms with Crippen LogP contribution in [0.2, 0.25) is 0 Å². The number of aliphatic carboxylic acids is 6. The fraction of sp³-hybridized carbons (Fsp3) is 0.500. The Morgan fingerprint density at radius 3 is 0.706 bits per heavy atom. The van der Waals surface area contributed by atoms with E-state index in [4.69, 9.17) is 60.1 Å². The van der Waals surface area contributed by atoms with Gasteiger partial charge in [0.15, 0.2) is 11.2 Å². The summed E-state index contributed by atoms with van der Waals surface area (Å²) in [5.74, 6) is -10.0. The van der Waals surface area contributed by atoms with Gasteiger partial charge >= 0.3 is 124 Å². The van der Waals surface area contributed by atoms with Crippen LogP contribution in [0.1, 0.15) is 25.7 Å². The van der Waals surface area contributed by atoms with E-state index in [9.17, 15) is 28.8 Å². The van der Waals surface area contributed by atoms with Gasteiger partial charge in [-0.25, -0.2) is 9.59 Å². The summed E-state index contributed by atoms with van der Waals surface area (Å²) >= 11 is 0. The first-order chi connectivity index (χ1) is 13.6. The fourth-order valence-corrected chi connectivity index (χ4v) is 1.43. The van der Waals surface area contributed by atoms with Gasteiger partial charge in [0.05, 0.1) is 25.7 Å².